The maximum absolute atomic E-state index is 10.2. The summed E-state index contributed by atoms with van der Waals surface area (Å²) in [5, 5.41) is 16.7. The van der Waals surface area contributed by atoms with Crippen LogP contribution < -0.4 is 10.6 Å². The standard InChI is InChI=1S/C18H32N4O2.HI/c1-5-20-18(21-12-9-17(14(3)4)24-6-2)22-13-16(23)15-7-10-19-11-8-15;/h7-8,10-11,14,16-17,23H,5-6,9,12-13H2,1-4H3,(H2,20,21,22);1H. The monoisotopic (exact) mass is 464 g/mol. The van der Waals surface area contributed by atoms with Crippen molar-refractivity contribution in [1.29, 1.82) is 0 Å². The number of nitrogens with one attached hydrogen (secondary N) is 2. The molecule has 1 aromatic rings. The highest BCUT2D eigenvalue weighted by atomic mass is 127. The number of rotatable bonds is 10. The quantitative estimate of drug-likeness (QED) is 0.282. The van der Waals surface area contributed by atoms with E-state index >= 15 is 0 Å². The summed E-state index contributed by atoms with van der Waals surface area (Å²) in [6.07, 6.45) is 3.88. The fourth-order valence-corrected chi connectivity index (χ4v) is 2.37. The van der Waals surface area contributed by atoms with Crippen molar-refractivity contribution in [3.05, 3.63) is 30.1 Å². The third kappa shape index (κ3) is 9.96. The van der Waals surface area contributed by atoms with Crippen molar-refractivity contribution in [3.63, 3.8) is 0 Å². The van der Waals surface area contributed by atoms with Crippen LogP contribution >= 0.6 is 24.0 Å². The second-order valence-electron chi connectivity index (χ2n) is 5.97. The average molecular weight is 464 g/mol. The van der Waals surface area contributed by atoms with Gasteiger partial charge in [-0.15, -0.1) is 24.0 Å². The summed E-state index contributed by atoms with van der Waals surface area (Å²) in [5.41, 5.74) is 0.820. The zero-order chi connectivity index (χ0) is 17.8. The fourth-order valence-electron chi connectivity index (χ4n) is 2.37. The van der Waals surface area contributed by atoms with Crippen molar-refractivity contribution in [2.75, 3.05) is 26.2 Å². The topological polar surface area (TPSA) is 78.8 Å². The maximum Gasteiger partial charge on any atom is 0.191 e. The summed E-state index contributed by atoms with van der Waals surface area (Å²) in [5.74, 6) is 1.20. The Morgan fingerprint density at radius 2 is 1.92 bits per heavy atom. The number of hydrogen-bond acceptors (Lipinski definition) is 4. The second kappa shape index (κ2) is 14.3. The maximum atomic E-state index is 10.2. The predicted octanol–water partition coefficient (Wildman–Crippen LogP) is 2.74. The van der Waals surface area contributed by atoms with Gasteiger partial charge in [0, 0.05) is 32.1 Å². The van der Waals surface area contributed by atoms with E-state index in [0.717, 1.165) is 31.7 Å². The van der Waals surface area contributed by atoms with E-state index in [1.807, 2.05) is 13.8 Å². The molecule has 0 fully saturated rings. The Balaban J connectivity index is 0.00000576. The molecule has 3 N–H and O–H groups in total. The van der Waals surface area contributed by atoms with Crippen molar-refractivity contribution in [3.8, 4) is 0 Å². The molecule has 0 aromatic carbocycles. The second-order valence-corrected chi connectivity index (χ2v) is 5.97. The normalized spacial score (nSPS) is 13.9. The van der Waals surface area contributed by atoms with Gasteiger partial charge in [-0.1, -0.05) is 13.8 Å². The first-order valence-electron chi connectivity index (χ1n) is 8.80. The number of aliphatic imine (C=N–C) groups is 1. The molecule has 2 atom stereocenters. The zero-order valence-electron chi connectivity index (χ0n) is 15.7. The molecule has 0 aliphatic carbocycles. The van der Waals surface area contributed by atoms with Crippen LogP contribution in [0, 0.1) is 5.92 Å². The van der Waals surface area contributed by atoms with Gasteiger partial charge in [-0.3, -0.25) is 9.98 Å². The van der Waals surface area contributed by atoms with Crippen LogP contribution in [0.4, 0.5) is 0 Å². The Morgan fingerprint density at radius 1 is 1.24 bits per heavy atom. The van der Waals surface area contributed by atoms with Crippen LogP contribution in [-0.4, -0.2) is 48.4 Å². The molecule has 0 radical (unpaired) electrons. The summed E-state index contributed by atoms with van der Waals surface area (Å²) in [6.45, 7) is 11.0. The first-order valence-corrected chi connectivity index (χ1v) is 8.80. The van der Waals surface area contributed by atoms with Gasteiger partial charge >= 0.3 is 0 Å². The summed E-state index contributed by atoms with van der Waals surface area (Å²) in [4.78, 5) is 8.42. The molecule has 6 nitrogen and oxygen atoms in total. The molecular formula is C18H33IN4O2. The van der Waals surface area contributed by atoms with Gasteiger partial charge in [-0.2, -0.15) is 0 Å². The highest BCUT2D eigenvalue weighted by Gasteiger charge is 2.13. The van der Waals surface area contributed by atoms with E-state index in [-0.39, 0.29) is 30.1 Å². The van der Waals surface area contributed by atoms with Gasteiger partial charge in [0.1, 0.15) is 0 Å². The van der Waals surface area contributed by atoms with Gasteiger partial charge in [0.15, 0.2) is 5.96 Å². The smallest absolute Gasteiger partial charge is 0.191 e. The number of aliphatic hydroxyl groups is 1. The van der Waals surface area contributed by atoms with Gasteiger partial charge < -0.3 is 20.5 Å². The van der Waals surface area contributed by atoms with E-state index in [1.54, 1.807) is 24.5 Å². The molecule has 0 saturated heterocycles. The summed E-state index contributed by atoms with van der Waals surface area (Å²) < 4.78 is 5.76. The largest absolute Gasteiger partial charge is 0.386 e. The number of aliphatic hydroxyl groups excluding tert-OH is 1. The fraction of sp³-hybridized carbons (Fsp3) is 0.667. The van der Waals surface area contributed by atoms with Crippen molar-refractivity contribution < 1.29 is 9.84 Å². The molecule has 0 aliphatic rings. The van der Waals surface area contributed by atoms with Crippen molar-refractivity contribution in [2.45, 2.75) is 46.3 Å². The Kier molecular flexibility index (Phi) is 13.7. The molecule has 25 heavy (non-hydrogen) atoms. The van der Waals surface area contributed by atoms with Crippen LogP contribution in [-0.2, 0) is 4.74 Å². The lowest BCUT2D eigenvalue weighted by Gasteiger charge is -2.21. The molecular weight excluding hydrogens is 431 g/mol. The van der Waals surface area contributed by atoms with Gasteiger partial charge in [-0.05, 0) is 43.9 Å². The molecule has 0 spiro atoms. The van der Waals surface area contributed by atoms with Crippen LogP contribution in [0.25, 0.3) is 0 Å². The number of aromatic nitrogens is 1. The Hall–Kier alpha value is -0.930. The number of halogens is 1. The summed E-state index contributed by atoms with van der Waals surface area (Å²) in [6, 6.07) is 3.60. The van der Waals surface area contributed by atoms with Crippen LogP contribution in [0.3, 0.4) is 0 Å². The summed E-state index contributed by atoms with van der Waals surface area (Å²) in [7, 11) is 0. The van der Waals surface area contributed by atoms with Crippen molar-refractivity contribution in [2.24, 2.45) is 10.9 Å². The minimum atomic E-state index is -0.629. The van der Waals surface area contributed by atoms with Gasteiger partial charge in [-0.25, -0.2) is 0 Å². The van der Waals surface area contributed by atoms with E-state index in [2.05, 4.69) is 34.5 Å². The van der Waals surface area contributed by atoms with E-state index in [4.69, 9.17) is 4.74 Å². The molecule has 0 amide bonds. The SMILES string of the molecule is CCNC(=NCC(O)c1ccncc1)NCCC(OCC)C(C)C.I. The molecule has 7 heteroatoms. The highest BCUT2D eigenvalue weighted by Crippen LogP contribution is 2.11. The van der Waals surface area contributed by atoms with Gasteiger partial charge in [0.2, 0.25) is 0 Å². The van der Waals surface area contributed by atoms with Crippen LogP contribution in [0.1, 0.15) is 45.8 Å². The van der Waals surface area contributed by atoms with Gasteiger partial charge in [0.25, 0.3) is 0 Å². The highest BCUT2D eigenvalue weighted by molar-refractivity contribution is 14.0. The van der Waals surface area contributed by atoms with Gasteiger partial charge in [0.05, 0.1) is 18.8 Å². The lowest BCUT2D eigenvalue weighted by Crippen LogP contribution is -2.39. The van der Waals surface area contributed by atoms with Crippen LogP contribution in [0.2, 0.25) is 0 Å². The zero-order valence-corrected chi connectivity index (χ0v) is 18.1. The minimum absolute atomic E-state index is 0. The first-order chi connectivity index (χ1) is 11.6. The lowest BCUT2D eigenvalue weighted by molar-refractivity contribution is 0.0258. The average Bonchev–Trinajstić information content (AvgIpc) is 2.59. The van der Waals surface area contributed by atoms with E-state index in [1.165, 1.54) is 0 Å². The Bertz CT molecular complexity index is 471. The molecule has 144 valence electrons. The molecule has 2 unspecified atom stereocenters. The number of guanidine groups is 1. The molecule has 1 aromatic heterocycles. The van der Waals surface area contributed by atoms with E-state index < -0.39 is 6.10 Å². The molecule has 0 bridgehead atoms. The summed E-state index contributed by atoms with van der Waals surface area (Å²) >= 11 is 0. The number of nitrogens with zero attached hydrogens (tertiary/aromatic N) is 2. The number of pyridine rings is 1. The number of ether oxygens (including phenoxy) is 1. The minimum Gasteiger partial charge on any atom is -0.386 e. The first kappa shape index (κ1) is 24.1. The van der Waals surface area contributed by atoms with Crippen LogP contribution in [0.5, 0.6) is 0 Å². The third-order valence-corrected chi connectivity index (χ3v) is 3.70. The van der Waals surface area contributed by atoms with Crippen LogP contribution in [0.15, 0.2) is 29.5 Å². The Morgan fingerprint density at radius 3 is 2.48 bits per heavy atom. The van der Waals surface area contributed by atoms with E-state index in [9.17, 15) is 5.11 Å². The molecule has 0 aliphatic heterocycles. The molecule has 1 heterocycles. The lowest BCUT2D eigenvalue weighted by atomic mass is 10.0. The third-order valence-electron chi connectivity index (χ3n) is 3.70. The molecule has 1 rings (SSSR count). The number of hydrogen-bond donors (Lipinski definition) is 3. The Labute approximate surface area is 168 Å². The van der Waals surface area contributed by atoms with E-state index in [0.29, 0.717) is 18.4 Å². The van der Waals surface area contributed by atoms with Crippen molar-refractivity contribution in [1.82, 2.24) is 15.6 Å². The van der Waals surface area contributed by atoms with Crippen molar-refractivity contribution >= 4 is 29.9 Å². The molecule has 0 saturated carbocycles. The predicted molar refractivity (Wildman–Crippen MR) is 113 cm³/mol.